The third kappa shape index (κ3) is 1.96. The Morgan fingerprint density at radius 1 is 1.17 bits per heavy atom. The molecule has 3 nitrogen and oxygen atoms in total. The molecule has 2 saturated heterocycles. The van der Waals surface area contributed by atoms with Crippen molar-refractivity contribution in [2.75, 3.05) is 39.4 Å². The van der Waals surface area contributed by atoms with Crippen LogP contribution in [-0.4, -0.2) is 44.3 Å². The van der Waals surface area contributed by atoms with Crippen LogP contribution in [0.3, 0.4) is 0 Å². The number of nitrogens with zero attached hydrogens (tertiary/aromatic N) is 1. The first kappa shape index (κ1) is 12.2. The monoisotopic (exact) mass is 246 g/mol. The fraction of sp³-hybridized carbons (Fsp3) is 0.600. The molecule has 1 N–H and O–H groups in total. The standard InChI is InChI=1S/C15H22N2O/c1-2-13-3-5-14(6-4-13)15(11-18-12-15)17-9-7-16-8-10-17/h3-6,16H,2,7-12H2,1H3. The maximum Gasteiger partial charge on any atom is 0.0934 e. The molecule has 2 aliphatic heterocycles. The molecule has 1 aromatic rings. The van der Waals surface area contributed by atoms with Gasteiger partial charge < -0.3 is 10.1 Å². The molecular weight excluding hydrogens is 224 g/mol. The van der Waals surface area contributed by atoms with Crippen LogP contribution in [0, 0.1) is 0 Å². The summed E-state index contributed by atoms with van der Waals surface area (Å²) in [7, 11) is 0. The van der Waals surface area contributed by atoms with Crippen molar-refractivity contribution in [3.8, 4) is 0 Å². The van der Waals surface area contributed by atoms with E-state index in [1.54, 1.807) is 0 Å². The Balaban J connectivity index is 1.85. The van der Waals surface area contributed by atoms with E-state index < -0.39 is 0 Å². The first-order valence-corrected chi connectivity index (χ1v) is 6.98. The number of nitrogens with one attached hydrogen (secondary N) is 1. The molecule has 0 aromatic heterocycles. The fourth-order valence-corrected chi connectivity index (χ4v) is 2.97. The molecule has 0 spiro atoms. The number of benzene rings is 1. The highest BCUT2D eigenvalue weighted by molar-refractivity contribution is 5.31. The summed E-state index contributed by atoms with van der Waals surface area (Å²) in [6.07, 6.45) is 1.11. The van der Waals surface area contributed by atoms with Crippen molar-refractivity contribution in [2.24, 2.45) is 0 Å². The number of hydrogen-bond acceptors (Lipinski definition) is 3. The average Bonchev–Trinajstić information content (AvgIpc) is 2.40. The van der Waals surface area contributed by atoms with Gasteiger partial charge in [0.05, 0.1) is 18.8 Å². The van der Waals surface area contributed by atoms with E-state index in [1.807, 2.05) is 0 Å². The van der Waals surface area contributed by atoms with Crippen LogP contribution in [0.5, 0.6) is 0 Å². The molecule has 0 saturated carbocycles. The summed E-state index contributed by atoms with van der Waals surface area (Å²) >= 11 is 0. The van der Waals surface area contributed by atoms with Crippen LogP contribution in [-0.2, 0) is 16.7 Å². The zero-order valence-corrected chi connectivity index (χ0v) is 11.1. The minimum Gasteiger partial charge on any atom is -0.377 e. The van der Waals surface area contributed by atoms with Crippen molar-refractivity contribution >= 4 is 0 Å². The molecule has 0 unspecified atom stereocenters. The Morgan fingerprint density at radius 3 is 2.33 bits per heavy atom. The fourth-order valence-electron chi connectivity index (χ4n) is 2.97. The Morgan fingerprint density at radius 2 is 1.83 bits per heavy atom. The number of piperazine rings is 1. The molecule has 3 heteroatoms. The molecule has 2 aliphatic rings. The Hall–Kier alpha value is -0.900. The largest absolute Gasteiger partial charge is 0.377 e. The molecule has 18 heavy (non-hydrogen) atoms. The van der Waals surface area contributed by atoms with Crippen molar-refractivity contribution < 1.29 is 4.74 Å². The van der Waals surface area contributed by atoms with Gasteiger partial charge in [0.1, 0.15) is 0 Å². The highest BCUT2D eigenvalue weighted by Gasteiger charge is 2.45. The second-order valence-corrected chi connectivity index (χ2v) is 5.31. The minimum atomic E-state index is 0.147. The molecule has 0 radical (unpaired) electrons. The van der Waals surface area contributed by atoms with Crippen LogP contribution in [0.15, 0.2) is 24.3 Å². The zero-order chi connectivity index (χ0) is 12.4. The molecule has 2 fully saturated rings. The molecule has 3 rings (SSSR count). The van der Waals surface area contributed by atoms with Gasteiger partial charge in [-0.15, -0.1) is 0 Å². The van der Waals surface area contributed by atoms with Crippen molar-refractivity contribution in [2.45, 2.75) is 18.9 Å². The normalized spacial score (nSPS) is 23.6. The van der Waals surface area contributed by atoms with E-state index in [1.165, 1.54) is 11.1 Å². The molecule has 98 valence electrons. The van der Waals surface area contributed by atoms with Gasteiger partial charge in [-0.1, -0.05) is 31.2 Å². The van der Waals surface area contributed by atoms with Crippen LogP contribution < -0.4 is 5.32 Å². The first-order chi connectivity index (χ1) is 8.85. The lowest BCUT2D eigenvalue weighted by molar-refractivity contribution is -0.149. The highest BCUT2D eigenvalue weighted by Crippen LogP contribution is 2.36. The maximum absolute atomic E-state index is 5.54. The smallest absolute Gasteiger partial charge is 0.0934 e. The van der Waals surface area contributed by atoms with Crippen molar-refractivity contribution in [3.05, 3.63) is 35.4 Å². The van der Waals surface area contributed by atoms with E-state index >= 15 is 0 Å². The van der Waals surface area contributed by atoms with E-state index in [-0.39, 0.29) is 5.54 Å². The number of ether oxygens (including phenoxy) is 1. The van der Waals surface area contributed by atoms with Crippen LogP contribution >= 0.6 is 0 Å². The van der Waals surface area contributed by atoms with Crippen molar-refractivity contribution in [3.63, 3.8) is 0 Å². The lowest BCUT2D eigenvalue weighted by Crippen LogP contribution is -2.63. The van der Waals surface area contributed by atoms with Crippen molar-refractivity contribution in [1.29, 1.82) is 0 Å². The summed E-state index contributed by atoms with van der Waals surface area (Å²) in [5.74, 6) is 0. The van der Waals surface area contributed by atoms with Gasteiger partial charge in [-0.2, -0.15) is 0 Å². The Kier molecular flexibility index (Phi) is 3.37. The third-order valence-electron chi connectivity index (χ3n) is 4.30. The SMILES string of the molecule is CCc1ccc(C2(N3CCNCC3)COC2)cc1. The summed E-state index contributed by atoms with van der Waals surface area (Å²) in [5.41, 5.74) is 2.98. The lowest BCUT2D eigenvalue weighted by Gasteiger charge is -2.51. The van der Waals surface area contributed by atoms with Gasteiger partial charge in [0.2, 0.25) is 0 Å². The summed E-state index contributed by atoms with van der Waals surface area (Å²) in [5, 5.41) is 3.42. The molecule has 0 aliphatic carbocycles. The lowest BCUT2D eigenvalue weighted by atomic mass is 9.85. The number of aryl methyl sites for hydroxylation is 1. The van der Waals surface area contributed by atoms with Gasteiger partial charge >= 0.3 is 0 Å². The van der Waals surface area contributed by atoms with E-state index in [0.29, 0.717) is 0 Å². The highest BCUT2D eigenvalue weighted by atomic mass is 16.5. The van der Waals surface area contributed by atoms with Crippen LogP contribution in [0.1, 0.15) is 18.1 Å². The topological polar surface area (TPSA) is 24.5 Å². The van der Waals surface area contributed by atoms with Crippen LogP contribution in [0.4, 0.5) is 0 Å². The summed E-state index contributed by atoms with van der Waals surface area (Å²) in [4.78, 5) is 2.59. The quantitative estimate of drug-likeness (QED) is 0.872. The summed E-state index contributed by atoms with van der Waals surface area (Å²) < 4.78 is 5.54. The van der Waals surface area contributed by atoms with Gasteiger partial charge in [0.25, 0.3) is 0 Å². The second-order valence-electron chi connectivity index (χ2n) is 5.31. The van der Waals surface area contributed by atoms with Crippen LogP contribution in [0.25, 0.3) is 0 Å². The van der Waals surface area contributed by atoms with Gasteiger partial charge in [-0.25, -0.2) is 0 Å². The van der Waals surface area contributed by atoms with Gasteiger partial charge in [-0.3, -0.25) is 4.90 Å². The predicted molar refractivity (Wildman–Crippen MR) is 72.8 cm³/mol. The van der Waals surface area contributed by atoms with Gasteiger partial charge in [0.15, 0.2) is 0 Å². The molecule has 2 heterocycles. The van der Waals surface area contributed by atoms with Crippen LogP contribution in [0.2, 0.25) is 0 Å². The first-order valence-electron chi connectivity index (χ1n) is 6.98. The van der Waals surface area contributed by atoms with E-state index in [2.05, 4.69) is 41.4 Å². The minimum absolute atomic E-state index is 0.147. The second kappa shape index (κ2) is 5.00. The Labute approximate surface area is 109 Å². The summed E-state index contributed by atoms with van der Waals surface area (Å²) in [6.45, 7) is 8.33. The van der Waals surface area contributed by atoms with E-state index in [9.17, 15) is 0 Å². The molecule has 0 bridgehead atoms. The Bertz CT molecular complexity index is 391. The van der Waals surface area contributed by atoms with Gasteiger partial charge in [0, 0.05) is 26.2 Å². The molecule has 0 amide bonds. The zero-order valence-electron chi connectivity index (χ0n) is 11.1. The third-order valence-corrected chi connectivity index (χ3v) is 4.30. The average molecular weight is 246 g/mol. The van der Waals surface area contributed by atoms with E-state index in [4.69, 9.17) is 4.74 Å². The number of rotatable bonds is 3. The predicted octanol–water partition coefficient (Wildman–Crippen LogP) is 1.38. The summed E-state index contributed by atoms with van der Waals surface area (Å²) in [6, 6.07) is 9.11. The van der Waals surface area contributed by atoms with E-state index in [0.717, 1.165) is 45.8 Å². The number of hydrogen-bond donors (Lipinski definition) is 1. The molecule has 1 aromatic carbocycles. The van der Waals surface area contributed by atoms with Crippen molar-refractivity contribution in [1.82, 2.24) is 10.2 Å². The molecule has 0 atom stereocenters. The molecular formula is C15H22N2O. The van der Waals surface area contributed by atoms with Gasteiger partial charge in [-0.05, 0) is 17.5 Å². The maximum atomic E-state index is 5.54.